The molecule has 1 N–H and O–H groups in total. The number of halogens is 1. The van der Waals surface area contributed by atoms with Gasteiger partial charge in [-0.15, -0.1) is 11.3 Å². The summed E-state index contributed by atoms with van der Waals surface area (Å²) in [6.07, 6.45) is 2.29. The summed E-state index contributed by atoms with van der Waals surface area (Å²) in [5, 5.41) is 5.65. The maximum absolute atomic E-state index is 4.82. The fourth-order valence-electron chi connectivity index (χ4n) is 3.30. The highest BCUT2D eigenvalue weighted by molar-refractivity contribution is 9.10. The van der Waals surface area contributed by atoms with Gasteiger partial charge in [-0.3, -0.25) is 4.57 Å². The molecule has 5 rings (SSSR count). The first kappa shape index (κ1) is 14.9. The molecule has 0 saturated heterocycles. The largest absolute Gasteiger partial charge is 0.325 e. The molecule has 25 heavy (non-hydrogen) atoms. The predicted molar refractivity (Wildman–Crippen MR) is 108 cm³/mol. The molecule has 0 fully saturated rings. The smallest absolute Gasteiger partial charge is 0.209 e. The molecule has 3 heterocycles. The molecule has 1 aliphatic rings. The molecule has 1 atom stereocenters. The summed E-state index contributed by atoms with van der Waals surface area (Å²) in [6.45, 7) is 0. The number of fused-ring (bicyclic) bond motifs is 3. The van der Waals surface area contributed by atoms with Gasteiger partial charge >= 0.3 is 0 Å². The number of hydrogen-bond acceptors (Lipinski definition) is 3. The second kappa shape index (κ2) is 5.86. The lowest BCUT2D eigenvalue weighted by Gasteiger charge is -2.25. The van der Waals surface area contributed by atoms with Gasteiger partial charge in [0.1, 0.15) is 0 Å². The van der Waals surface area contributed by atoms with Crippen molar-refractivity contribution < 1.29 is 0 Å². The van der Waals surface area contributed by atoms with Crippen LogP contribution in [0.15, 0.2) is 76.6 Å². The molecular formula is C20H14BrN3S. The fraction of sp³-hybridized carbons (Fsp3) is 0.0500. The van der Waals surface area contributed by atoms with Crippen LogP contribution in [0.2, 0.25) is 0 Å². The van der Waals surface area contributed by atoms with Gasteiger partial charge in [-0.1, -0.05) is 46.3 Å². The first-order valence-electron chi connectivity index (χ1n) is 8.05. The number of nitrogens with zero attached hydrogens (tertiary/aromatic N) is 2. The summed E-state index contributed by atoms with van der Waals surface area (Å²) in [5.41, 5.74) is 4.39. The molecule has 0 aliphatic carbocycles. The molecule has 2 aromatic heterocycles. The van der Waals surface area contributed by atoms with Crippen LogP contribution in [-0.4, -0.2) is 9.55 Å². The first-order valence-corrected chi connectivity index (χ1v) is 9.72. The van der Waals surface area contributed by atoms with Gasteiger partial charge < -0.3 is 5.32 Å². The Morgan fingerprint density at radius 1 is 1.04 bits per heavy atom. The highest BCUT2D eigenvalue weighted by Gasteiger charge is 2.25. The van der Waals surface area contributed by atoms with Crippen molar-refractivity contribution in [1.29, 1.82) is 0 Å². The number of aromatic nitrogens is 2. The van der Waals surface area contributed by atoms with Gasteiger partial charge in [0.25, 0.3) is 0 Å². The van der Waals surface area contributed by atoms with Gasteiger partial charge in [0.15, 0.2) is 0 Å². The van der Waals surface area contributed by atoms with E-state index in [9.17, 15) is 0 Å². The van der Waals surface area contributed by atoms with Gasteiger partial charge in [0.05, 0.1) is 17.1 Å². The zero-order chi connectivity index (χ0) is 16.8. The summed E-state index contributed by atoms with van der Waals surface area (Å²) in [5.74, 6) is 0.886. The van der Waals surface area contributed by atoms with Crippen LogP contribution in [0.4, 0.5) is 5.95 Å². The average molecular weight is 408 g/mol. The Bertz CT molecular complexity index is 1100. The number of benzene rings is 2. The number of thiophene rings is 1. The molecule has 0 saturated carbocycles. The topological polar surface area (TPSA) is 29.9 Å². The Balaban J connectivity index is 1.73. The normalized spacial score (nSPS) is 16.4. The zero-order valence-electron chi connectivity index (χ0n) is 13.2. The number of nitrogens with one attached hydrogen (secondary N) is 1. The summed E-state index contributed by atoms with van der Waals surface area (Å²) in [7, 11) is 0. The quantitative estimate of drug-likeness (QED) is 0.447. The van der Waals surface area contributed by atoms with E-state index < -0.39 is 0 Å². The molecule has 0 unspecified atom stereocenters. The van der Waals surface area contributed by atoms with E-state index in [0.717, 1.165) is 32.7 Å². The minimum absolute atomic E-state index is 0.137. The van der Waals surface area contributed by atoms with E-state index >= 15 is 0 Å². The Morgan fingerprint density at radius 3 is 2.80 bits per heavy atom. The van der Waals surface area contributed by atoms with E-state index in [-0.39, 0.29) is 6.04 Å². The van der Waals surface area contributed by atoms with Gasteiger partial charge in [-0.25, -0.2) is 4.98 Å². The number of imidazole rings is 1. The highest BCUT2D eigenvalue weighted by atomic mass is 79.9. The zero-order valence-corrected chi connectivity index (χ0v) is 15.6. The van der Waals surface area contributed by atoms with Crippen LogP contribution in [0, 0.1) is 0 Å². The lowest BCUT2D eigenvalue weighted by Crippen LogP contribution is -2.18. The highest BCUT2D eigenvalue weighted by Crippen LogP contribution is 2.38. The van der Waals surface area contributed by atoms with Crippen LogP contribution < -0.4 is 5.32 Å². The molecule has 4 aromatic rings. The molecule has 3 nitrogen and oxygen atoms in total. The van der Waals surface area contributed by atoms with E-state index in [4.69, 9.17) is 4.98 Å². The Hall–Kier alpha value is -2.37. The van der Waals surface area contributed by atoms with Crippen LogP contribution >= 0.6 is 27.3 Å². The summed E-state index contributed by atoms with van der Waals surface area (Å²) in [4.78, 5) is 6.12. The Labute approximate surface area is 157 Å². The van der Waals surface area contributed by atoms with Crippen molar-refractivity contribution in [3.05, 3.63) is 87.0 Å². The fourth-order valence-corrected chi connectivity index (χ4v) is 4.49. The number of allylic oxidation sites excluding steroid dienone is 1. The standard InChI is InChI=1S/C20H14BrN3S/c21-14-6-3-5-13(11-14)16-12-18(19-9-4-10-25-19)24-17-8-2-1-7-15(17)22-20(24)23-16/h1-12,18H,(H,22,23)/t18-/m1/s1. The number of hydrogen-bond donors (Lipinski definition) is 1. The summed E-state index contributed by atoms with van der Waals surface area (Å²) in [6, 6.07) is 21.1. The monoisotopic (exact) mass is 407 g/mol. The van der Waals surface area contributed by atoms with E-state index in [1.165, 1.54) is 4.88 Å². The van der Waals surface area contributed by atoms with E-state index in [2.05, 4.69) is 85.8 Å². The van der Waals surface area contributed by atoms with Gasteiger partial charge in [0.2, 0.25) is 5.95 Å². The molecule has 5 heteroatoms. The molecule has 0 radical (unpaired) electrons. The van der Waals surface area contributed by atoms with E-state index in [1.807, 2.05) is 12.1 Å². The minimum Gasteiger partial charge on any atom is -0.325 e. The second-order valence-electron chi connectivity index (χ2n) is 5.97. The van der Waals surface area contributed by atoms with Crippen molar-refractivity contribution in [2.45, 2.75) is 6.04 Å². The molecule has 1 aliphatic heterocycles. The summed E-state index contributed by atoms with van der Waals surface area (Å²) < 4.78 is 3.35. The maximum atomic E-state index is 4.82. The first-order chi connectivity index (χ1) is 12.3. The molecule has 122 valence electrons. The van der Waals surface area contributed by atoms with Crippen LogP contribution in [0.25, 0.3) is 16.7 Å². The van der Waals surface area contributed by atoms with Crippen LogP contribution in [0.5, 0.6) is 0 Å². The molecule has 0 amide bonds. The second-order valence-corrected chi connectivity index (χ2v) is 7.87. The van der Waals surface area contributed by atoms with Crippen LogP contribution in [0.1, 0.15) is 16.5 Å². The molecule has 2 aromatic carbocycles. The Kier molecular flexibility index (Phi) is 3.50. The third-order valence-electron chi connectivity index (χ3n) is 4.42. The maximum Gasteiger partial charge on any atom is 0.209 e. The number of anilines is 1. The van der Waals surface area contributed by atoms with Crippen LogP contribution in [-0.2, 0) is 0 Å². The number of rotatable bonds is 2. The number of para-hydroxylation sites is 2. The van der Waals surface area contributed by atoms with Crippen molar-refractivity contribution in [2.24, 2.45) is 0 Å². The minimum atomic E-state index is 0.137. The van der Waals surface area contributed by atoms with E-state index in [1.54, 1.807) is 11.3 Å². The van der Waals surface area contributed by atoms with Crippen molar-refractivity contribution >= 4 is 49.9 Å². The molecular weight excluding hydrogens is 394 g/mol. The van der Waals surface area contributed by atoms with Gasteiger partial charge in [-0.2, -0.15) is 0 Å². The van der Waals surface area contributed by atoms with Crippen molar-refractivity contribution in [2.75, 3.05) is 5.32 Å². The molecule has 0 bridgehead atoms. The van der Waals surface area contributed by atoms with Crippen molar-refractivity contribution in [3.8, 4) is 0 Å². The Morgan fingerprint density at radius 2 is 1.96 bits per heavy atom. The van der Waals surface area contributed by atoms with E-state index in [0.29, 0.717) is 0 Å². The lowest BCUT2D eigenvalue weighted by atomic mass is 10.1. The average Bonchev–Trinajstić information content (AvgIpc) is 3.28. The van der Waals surface area contributed by atoms with Crippen molar-refractivity contribution in [3.63, 3.8) is 0 Å². The van der Waals surface area contributed by atoms with Gasteiger partial charge in [0, 0.05) is 15.0 Å². The van der Waals surface area contributed by atoms with Crippen LogP contribution in [0.3, 0.4) is 0 Å². The lowest BCUT2D eigenvalue weighted by molar-refractivity contribution is 0.733. The summed E-state index contributed by atoms with van der Waals surface area (Å²) >= 11 is 5.34. The van der Waals surface area contributed by atoms with Gasteiger partial charge in [-0.05, 0) is 47.4 Å². The molecule has 0 spiro atoms. The third kappa shape index (κ3) is 2.51. The SMILES string of the molecule is Brc1cccc(C2=C[C@H](c3cccs3)n3c(nc4ccccc43)N2)c1. The third-order valence-corrected chi connectivity index (χ3v) is 5.85. The predicted octanol–water partition coefficient (Wildman–Crippen LogP) is 5.92. The van der Waals surface area contributed by atoms with Crippen molar-refractivity contribution in [1.82, 2.24) is 9.55 Å².